The molecular weight excluding hydrogens is 284 g/mol. The molecule has 0 saturated carbocycles. The number of nitrogens with zero attached hydrogens (tertiary/aromatic N) is 1. The lowest BCUT2D eigenvalue weighted by Gasteiger charge is -2.28. The molecule has 2 rings (SSSR count). The Morgan fingerprint density at radius 2 is 2.00 bits per heavy atom. The van der Waals surface area contributed by atoms with Crippen LogP contribution in [0.25, 0.3) is 0 Å². The standard InChI is InChI=1S/C16H20N2S2/c1-18(10-9-14-8-5-11-20-14)15(12-16(17)19)13-6-3-2-4-7-13/h2-8,11,15H,9-10,12H2,1H3,(H2,17,19). The van der Waals surface area contributed by atoms with Crippen molar-refractivity contribution >= 4 is 28.5 Å². The second kappa shape index (κ2) is 7.53. The van der Waals surface area contributed by atoms with Gasteiger partial charge in [0.2, 0.25) is 0 Å². The number of hydrogen-bond acceptors (Lipinski definition) is 3. The molecule has 0 fully saturated rings. The molecule has 0 spiro atoms. The highest BCUT2D eigenvalue weighted by atomic mass is 32.1. The third kappa shape index (κ3) is 4.40. The van der Waals surface area contributed by atoms with E-state index in [0.29, 0.717) is 4.99 Å². The van der Waals surface area contributed by atoms with Gasteiger partial charge in [-0.25, -0.2) is 0 Å². The van der Waals surface area contributed by atoms with Crippen LogP contribution in [0.1, 0.15) is 22.9 Å². The molecule has 4 heteroatoms. The third-order valence-corrected chi connectivity index (χ3v) is 4.50. The number of benzene rings is 1. The minimum absolute atomic E-state index is 0.258. The van der Waals surface area contributed by atoms with Crippen LogP contribution in [0.15, 0.2) is 47.8 Å². The van der Waals surface area contributed by atoms with E-state index in [1.54, 1.807) is 0 Å². The van der Waals surface area contributed by atoms with Gasteiger partial charge in [0.15, 0.2) is 0 Å². The number of rotatable bonds is 7. The van der Waals surface area contributed by atoms with E-state index in [4.69, 9.17) is 18.0 Å². The molecule has 106 valence electrons. The van der Waals surface area contributed by atoms with Crippen LogP contribution in [-0.2, 0) is 6.42 Å². The van der Waals surface area contributed by atoms with Crippen LogP contribution in [0.4, 0.5) is 0 Å². The Morgan fingerprint density at radius 1 is 1.25 bits per heavy atom. The molecule has 2 aromatic rings. The zero-order chi connectivity index (χ0) is 14.4. The molecule has 0 saturated heterocycles. The summed E-state index contributed by atoms with van der Waals surface area (Å²) in [6.07, 6.45) is 1.79. The lowest BCUT2D eigenvalue weighted by molar-refractivity contribution is 0.254. The molecule has 20 heavy (non-hydrogen) atoms. The SMILES string of the molecule is CN(CCc1cccs1)C(CC(N)=S)c1ccccc1. The summed E-state index contributed by atoms with van der Waals surface area (Å²) >= 11 is 6.92. The van der Waals surface area contributed by atoms with Crippen molar-refractivity contribution in [3.8, 4) is 0 Å². The second-order valence-corrected chi connectivity index (χ2v) is 6.46. The van der Waals surface area contributed by atoms with E-state index in [1.807, 2.05) is 17.4 Å². The van der Waals surface area contributed by atoms with Crippen LogP contribution >= 0.6 is 23.6 Å². The van der Waals surface area contributed by atoms with Gasteiger partial charge in [0, 0.05) is 23.9 Å². The summed E-state index contributed by atoms with van der Waals surface area (Å²) in [5.74, 6) is 0. The number of thiocarbonyl (C=S) groups is 1. The number of thiophene rings is 1. The number of hydrogen-bond donors (Lipinski definition) is 1. The van der Waals surface area contributed by atoms with Crippen molar-refractivity contribution in [1.82, 2.24) is 4.90 Å². The van der Waals surface area contributed by atoms with Gasteiger partial charge < -0.3 is 5.73 Å². The van der Waals surface area contributed by atoms with Crippen molar-refractivity contribution in [1.29, 1.82) is 0 Å². The molecule has 1 heterocycles. The summed E-state index contributed by atoms with van der Waals surface area (Å²) in [6.45, 7) is 1.00. The molecule has 1 aromatic carbocycles. The first-order valence-electron chi connectivity index (χ1n) is 6.72. The maximum atomic E-state index is 5.77. The van der Waals surface area contributed by atoms with Crippen LogP contribution in [0.5, 0.6) is 0 Å². The number of likely N-dealkylation sites (N-methyl/N-ethyl adjacent to an activating group) is 1. The quantitative estimate of drug-likeness (QED) is 0.792. The Balaban J connectivity index is 2.04. The van der Waals surface area contributed by atoms with Gasteiger partial charge in [0.05, 0.1) is 4.99 Å². The predicted molar refractivity (Wildman–Crippen MR) is 91.2 cm³/mol. The summed E-state index contributed by atoms with van der Waals surface area (Å²) < 4.78 is 0. The Morgan fingerprint density at radius 3 is 2.60 bits per heavy atom. The zero-order valence-electron chi connectivity index (χ0n) is 11.7. The fourth-order valence-corrected chi connectivity index (χ4v) is 3.15. The predicted octanol–water partition coefficient (Wildman–Crippen LogP) is 3.64. The van der Waals surface area contributed by atoms with Gasteiger partial charge in [-0.15, -0.1) is 11.3 Å². The lowest BCUT2D eigenvalue weighted by atomic mass is 10.0. The van der Waals surface area contributed by atoms with Crippen molar-refractivity contribution in [2.24, 2.45) is 5.73 Å². The molecule has 1 unspecified atom stereocenters. The first kappa shape index (κ1) is 15.2. The second-order valence-electron chi connectivity index (χ2n) is 4.91. The van der Waals surface area contributed by atoms with Crippen molar-refractivity contribution in [3.05, 3.63) is 58.3 Å². The highest BCUT2D eigenvalue weighted by Crippen LogP contribution is 2.23. The molecule has 0 radical (unpaired) electrons. The van der Waals surface area contributed by atoms with E-state index in [9.17, 15) is 0 Å². The van der Waals surface area contributed by atoms with E-state index >= 15 is 0 Å². The molecular formula is C16H20N2S2. The smallest absolute Gasteiger partial charge is 0.0746 e. The Bertz CT molecular complexity index is 523. The van der Waals surface area contributed by atoms with Crippen molar-refractivity contribution < 1.29 is 0 Å². The van der Waals surface area contributed by atoms with Crippen molar-refractivity contribution in [2.45, 2.75) is 18.9 Å². The number of nitrogens with two attached hydrogens (primary N) is 1. The summed E-state index contributed by atoms with van der Waals surface area (Å²) in [5, 5.41) is 2.12. The van der Waals surface area contributed by atoms with Gasteiger partial charge in [0.1, 0.15) is 0 Å². The van der Waals surface area contributed by atoms with Crippen molar-refractivity contribution in [2.75, 3.05) is 13.6 Å². The molecule has 1 atom stereocenters. The summed E-state index contributed by atoms with van der Waals surface area (Å²) in [7, 11) is 2.14. The topological polar surface area (TPSA) is 29.3 Å². The highest BCUT2D eigenvalue weighted by molar-refractivity contribution is 7.80. The fraction of sp³-hybridized carbons (Fsp3) is 0.312. The van der Waals surface area contributed by atoms with Gasteiger partial charge in [0.25, 0.3) is 0 Å². The van der Waals surface area contributed by atoms with Crippen LogP contribution in [0.2, 0.25) is 0 Å². The monoisotopic (exact) mass is 304 g/mol. The lowest BCUT2D eigenvalue weighted by Crippen LogP contribution is -2.30. The van der Waals surface area contributed by atoms with E-state index in [2.05, 4.69) is 53.7 Å². The van der Waals surface area contributed by atoms with Gasteiger partial charge in [-0.2, -0.15) is 0 Å². The summed E-state index contributed by atoms with van der Waals surface area (Å²) in [5.41, 5.74) is 7.04. The molecule has 0 amide bonds. The largest absolute Gasteiger partial charge is 0.393 e. The van der Waals surface area contributed by atoms with Crippen LogP contribution < -0.4 is 5.73 Å². The van der Waals surface area contributed by atoms with Gasteiger partial charge in [-0.1, -0.05) is 48.6 Å². The summed E-state index contributed by atoms with van der Waals surface area (Å²) in [4.78, 5) is 4.33. The van der Waals surface area contributed by atoms with E-state index in [-0.39, 0.29) is 6.04 Å². The molecule has 0 bridgehead atoms. The van der Waals surface area contributed by atoms with Gasteiger partial charge in [-0.3, -0.25) is 4.90 Å². The highest BCUT2D eigenvalue weighted by Gasteiger charge is 2.17. The minimum atomic E-state index is 0.258. The maximum absolute atomic E-state index is 5.77. The summed E-state index contributed by atoms with van der Waals surface area (Å²) in [6, 6.07) is 15.0. The molecule has 2 N–H and O–H groups in total. The first-order chi connectivity index (χ1) is 9.66. The van der Waals surface area contributed by atoms with Crippen LogP contribution in [0, 0.1) is 0 Å². The normalized spacial score (nSPS) is 12.5. The molecule has 0 aliphatic rings. The van der Waals surface area contributed by atoms with E-state index in [1.165, 1.54) is 10.4 Å². The van der Waals surface area contributed by atoms with Crippen molar-refractivity contribution in [3.63, 3.8) is 0 Å². The molecule has 1 aromatic heterocycles. The van der Waals surface area contributed by atoms with Crippen LogP contribution in [-0.4, -0.2) is 23.5 Å². The third-order valence-electron chi connectivity index (χ3n) is 3.40. The Kier molecular flexibility index (Phi) is 5.71. The molecule has 2 nitrogen and oxygen atoms in total. The minimum Gasteiger partial charge on any atom is -0.393 e. The van der Waals surface area contributed by atoms with E-state index < -0.39 is 0 Å². The van der Waals surface area contributed by atoms with E-state index in [0.717, 1.165) is 19.4 Å². The average molecular weight is 304 g/mol. The Hall–Kier alpha value is -1.23. The maximum Gasteiger partial charge on any atom is 0.0746 e. The average Bonchev–Trinajstić information content (AvgIpc) is 2.96. The Labute approximate surface area is 130 Å². The van der Waals surface area contributed by atoms with Crippen LogP contribution in [0.3, 0.4) is 0 Å². The van der Waals surface area contributed by atoms with Gasteiger partial charge >= 0.3 is 0 Å². The first-order valence-corrected chi connectivity index (χ1v) is 8.01. The molecule has 0 aliphatic carbocycles. The molecule has 0 aliphatic heterocycles. The fourth-order valence-electron chi connectivity index (χ4n) is 2.29. The zero-order valence-corrected chi connectivity index (χ0v) is 13.3. The van der Waals surface area contributed by atoms with Gasteiger partial charge in [-0.05, 0) is 30.5 Å².